The number of benzene rings is 1. The van der Waals surface area contributed by atoms with Gasteiger partial charge in [-0.05, 0) is 25.0 Å². The summed E-state index contributed by atoms with van der Waals surface area (Å²) in [6.07, 6.45) is 27.2. The van der Waals surface area contributed by atoms with Crippen molar-refractivity contribution in [2.45, 2.75) is 117 Å². The molecule has 4 nitrogen and oxygen atoms in total. The third-order valence-electron chi connectivity index (χ3n) is 7.87. The number of ether oxygens (including phenoxy) is 2. The highest BCUT2D eigenvalue weighted by Crippen LogP contribution is 2.40. The van der Waals surface area contributed by atoms with Gasteiger partial charge in [-0.15, -0.1) is 0 Å². The fourth-order valence-corrected chi connectivity index (χ4v) is 5.50. The highest BCUT2D eigenvalue weighted by atomic mass is 16.5. The summed E-state index contributed by atoms with van der Waals surface area (Å²) >= 11 is 0. The minimum atomic E-state index is -0.412. The molecule has 0 bridgehead atoms. The van der Waals surface area contributed by atoms with Gasteiger partial charge in [-0.2, -0.15) is 0 Å². The van der Waals surface area contributed by atoms with Crippen molar-refractivity contribution in [1.82, 2.24) is 0 Å². The Morgan fingerprint density at radius 2 is 0.868 bits per heavy atom. The number of hydrogen-bond donors (Lipinski definition) is 0. The number of carbonyl (C=O) groups excluding carboxylic acids is 2. The van der Waals surface area contributed by atoms with Gasteiger partial charge in [0.2, 0.25) is 0 Å². The van der Waals surface area contributed by atoms with Crippen molar-refractivity contribution in [3.8, 4) is 11.5 Å². The summed E-state index contributed by atoms with van der Waals surface area (Å²) in [7, 11) is 0. The minimum absolute atomic E-state index is 0.00301. The molecule has 0 aliphatic heterocycles. The molecule has 0 spiro atoms. The third-order valence-corrected chi connectivity index (χ3v) is 7.87. The lowest BCUT2D eigenvalue weighted by Gasteiger charge is -2.29. The summed E-state index contributed by atoms with van der Waals surface area (Å²) in [6, 6.07) is 3.54. The van der Waals surface area contributed by atoms with E-state index >= 15 is 0 Å². The Morgan fingerprint density at radius 3 is 1.24 bits per heavy atom. The van der Waals surface area contributed by atoms with Crippen LogP contribution in [0.15, 0.2) is 36.4 Å². The molecule has 2 unspecified atom stereocenters. The summed E-state index contributed by atoms with van der Waals surface area (Å²) in [5.74, 6) is 0.366. The van der Waals surface area contributed by atoms with Crippen molar-refractivity contribution in [2.75, 3.05) is 13.2 Å². The molecular weight excluding hydrogens is 472 g/mol. The van der Waals surface area contributed by atoms with Crippen molar-refractivity contribution in [3.63, 3.8) is 0 Å². The molecule has 2 aliphatic carbocycles. The maximum absolute atomic E-state index is 13.3. The smallest absolute Gasteiger partial charge is 0.171 e. The van der Waals surface area contributed by atoms with Crippen LogP contribution < -0.4 is 9.47 Å². The maximum atomic E-state index is 13.3. The number of hydrogen-bond acceptors (Lipinski definition) is 4. The van der Waals surface area contributed by atoms with Gasteiger partial charge in [0.15, 0.2) is 23.1 Å². The van der Waals surface area contributed by atoms with E-state index in [4.69, 9.17) is 9.47 Å². The van der Waals surface area contributed by atoms with Gasteiger partial charge in [0.1, 0.15) is 0 Å². The van der Waals surface area contributed by atoms with E-state index in [-0.39, 0.29) is 11.6 Å². The van der Waals surface area contributed by atoms with Crippen molar-refractivity contribution in [1.29, 1.82) is 0 Å². The van der Waals surface area contributed by atoms with E-state index in [0.717, 1.165) is 25.7 Å². The van der Waals surface area contributed by atoms with Crippen molar-refractivity contribution < 1.29 is 19.1 Å². The first-order chi connectivity index (χ1) is 18.7. The molecule has 1 aromatic rings. The predicted molar refractivity (Wildman–Crippen MR) is 157 cm³/mol. The Hall–Kier alpha value is -2.36. The van der Waals surface area contributed by atoms with E-state index in [1.165, 1.54) is 77.0 Å². The molecule has 0 radical (unpaired) electrons. The number of fused-ring (bicyclic) bond motifs is 2. The quantitative estimate of drug-likeness (QED) is 0.160. The average molecular weight is 523 g/mol. The minimum Gasteiger partial charge on any atom is -0.490 e. The molecular formula is C34H50O4. The summed E-state index contributed by atoms with van der Waals surface area (Å²) < 4.78 is 12.4. The Labute approximate surface area is 231 Å². The van der Waals surface area contributed by atoms with Gasteiger partial charge < -0.3 is 9.47 Å². The zero-order valence-electron chi connectivity index (χ0n) is 24.0. The van der Waals surface area contributed by atoms with Gasteiger partial charge >= 0.3 is 0 Å². The zero-order valence-corrected chi connectivity index (χ0v) is 24.0. The number of allylic oxidation sites excluding steroid dienone is 4. The molecule has 2 atom stereocenters. The van der Waals surface area contributed by atoms with E-state index in [1.54, 1.807) is 12.1 Å². The molecule has 0 saturated heterocycles. The maximum Gasteiger partial charge on any atom is 0.171 e. The van der Waals surface area contributed by atoms with Crippen molar-refractivity contribution in [2.24, 2.45) is 11.8 Å². The van der Waals surface area contributed by atoms with Crippen LogP contribution in [0.25, 0.3) is 0 Å². The number of Topliss-reactive ketones (excluding diaryl/α,β-unsaturated/α-hetero) is 2. The fourth-order valence-electron chi connectivity index (χ4n) is 5.50. The van der Waals surface area contributed by atoms with Gasteiger partial charge in [-0.3, -0.25) is 9.59 Å². The fraction of sp³-hybridized carbons (Fsp3) is 0.647. The lowest BCUT2D eigenvalue weighted by Crippen LogP contribution is -2.35. The SMILES string of the molecule is CCCCCCCCCCOc1cc2c(cc1OCCCCCCCCCC)C(=O)C1C=CC=CC1C2=O. The normalized spacial score (nSPS) is 17.9. The summed E-state index contributed by atoms with van der Waals surface area (Å²) in [4.78, 5) is 26.6. The number of carbonyl (C=O) groups is 2. The van der Waals surface area contributed by atoms with Crippen LogP contribution in [0.3, 0.4) is 0 Å². The van der Waals surface area contributed by atoms with Crippen molar-refractivity contribution >= 4 is 11.6 Å². The molecule has 210 valence electrons. The number of ketones is 2. The van der Waals surface area contributed by atoms with Crippen LogP contribution in [-0.2, 0) is 0 Å². The van der Waals surface area contributed by atoms with E-state index in [9.17, 15) is 9.59 Å². The molecule has 0 aromatic heterocycles. The molecule has 38 heavy (non-hydrogen) atoms. The van der Waals surface area contributed by atoms with Crippen LogP contribution in [0.5, 0.6) is 11.5 Å². The monoisotopic (exact) mass is 522 g/mol. The Bertz CT molecular complexity index is 854. The Morgan fingerprint density at radius 1 is 0.526 bits per heavy atom. The van der Waals surface area contributed by atoms with E-state index < -0.39 is 11.8 Å². The first-order valence-electron chi connectivity index (χ1n) is 15.5. The van der Waals surface area contributed by atoms with E-state index in [1.807, 2.05) is 24.3 Å². The third kappa shape index (κ3) is 9.13. The highest BCUT2D eigenvalue weighted by Gasteiger charge is 2.40. The second-order valence-corrected chi connectivity index (χ2v) is 11.0. The van der Waals surface area contributed by atoms with E-state index in [2.05, 4.69) is 13.8 Å². The predicted octanol–water partition coefficient (Wildman–Crippen LogP) is 9.46. The van der Waals surface area contributed by atoms with Crippen LogP contribution in [0.1, 0.15) is 137 Å². The Kier molecular flexibility index (Phi) is 13.7. The van der Waals surface area contributed by atoms with E-state index in [0.29, 0.717) is 35.8 Å². The van der Waals surface area contributed by atoms with Crippen LogP contribution in [0.4, 0.5) is 0 Å². The van der Waals surface area contributed by atoms with Crippen LogP contribution >= 0.6 is 0 Å². The number of rotatable bonds is 20. The van der Waals surface area contributed by atoms with Crippen molar-refractivity contribution in [3.05, 3.63) is 47.6 Å². The summed E-state index contributed by atoms with van der Waals surface area (Å²) in [5, 5.41) is 0. The molecule has 0 fully saturated rings. The zero-order chi connectivity index (χ0) is 27.0. The lowest BCUT2D eigenvalue weighted by molar-refractivity contribution is 0.0800. The van der Waals surface area contributed by atoms with Gasteiger partial charge in [0, 0.05) is 11.1 Å². The van der Waals surface area contributed by atoms with Crippen LogP contribution in [0.2, 0.25) is 0 Å². The standard InChI is InChI=1S/C34H50O4/c1-3-5-7-9-11-13-15-19-23-37-31-25-29-30(34(36)28-22-18-17-21-27(28)33(29)35)26-32(31)38-24-20-16-14-12-10-8-6-4-2/h17-18,21-22,25-28H,3-16,19-20,23-24H2,1-2H3. The first-order valence-corrected chi connectivity index (χ1v) is 15.5. The van der Waals surface area contributed by atoms with Gasteiger partial charge in [-0.25, -0.2) is 0 Å². The first kappa shape index (κ1) is 30.2. The molecule has 3 rings (SSSR count). The van der Waals surface area contributed by atoms with Crippen LogP contribution in [-0.4, -0.2) is 24.8 Å². The molecule has 4 heteroatoms. The number of unbranched alkanes of at least 4 members (excludes halogenated alkanes) is 14. The lowest BCUT2D eigenvalue weighted by atomic mass is 9.72. The largest absolute Gasteiger partial charge is 0.490 e. The molecule has 0 N–H and O–H groups in total. The Balaban J connectivity index is 1.57. The molecule has 2 aliphatic rings. The molecule has 0 amide bonds. The second-order valence-electron chi connectivity index (χ2n) is 11.0. The highest BCUT2D eigenvalue weighted by molar-refractivity contribution is 6.17. The van der Waals surface area contributed by atoms with Gasteiger partial charge in [0.05, 0.1) is 25.0 Å². The van der Waals surface area contributed by atoms with Gasteiger partial charge in [0.25, 0.3) is 0 Å². The van der Waals surface area contributed by atoms with Gasteiger partial charge in [-0.1, -0.05) is 128 Å². The second kappa shape index (κ2) is 17.3. The molecule has 0 saturated carbocycles. The molecule has 1 aromatic carbocycles. The van der Waals surface area contributed by atoms with Crippen LogP contribution in [0, 0.1) is 11.8 Å². The topological polar surface area (TPSA) is 52.6 Å². The summed E-state index contributed by atoms with van der Waals surface area (Å²) in [6.45, 7) is 5.68. The average Bonchev–Trinajstić information content (AvgIpc) is 2.94. The summed E-state index contributed by atoms with van der Waals surface area (Å²) in [5.41, 5.74) is 0.947. The molecule has 0 heterocycles.